The molecule has 27 heavy (non-hydrogen) atoms. The minimum atomic E-state index is -0.0917. The van der Waals surface area contributed by atoms with Crippen LogP contribution in [0.3, 0.4) is 0 Å². The molecular weight excluding hydrogens is 338 g/mol. The molecule has 6 heteroatoms. The third-order valence-electron chi connectivity index (χ3n) is 5.58. The molecule has 4 heterocycles. The minimum absolute atomic E-state index is 0.0917. The SMILES string of the molecule is Cc1ccc(C#N)c(N2CCCC(C(=O)N3CC(C)c4ccncc43)C2)n1. The smallest absolute Gasteiger partial charge is 0.231 e. The van der Waals surface area contributed by atoms with Crippen molar-refractivity contribution < 1.29 is 4.79 Å². The summed E-state index contributed by atoms with van der Waals surface area (Å²) in [6.45, 7) is 6.21. The fourth-order valence-corrected chi connectivity index (χ4v) is 4.18. The van der Waals surface area contributed by atoms with E-state index in [-0.39, 0.29) is 11.8 Å². The van der Waals surface area contributed by atoms with Crippen molar-refractivity contribution in [2.45, 2.75) is 32.6 Å². The highest BCUT2D eigenvalue weighted by Gasteiger charge is 2.36. The number of aromatic nitrogens is 2. The highest BCUT2D eigenvalue weighted by molar-refractivity contribution is 5.97. The molecule has 0 aliphatic carbocycles. The van der Waals surface area contributed by atoms with Gasteiger partial charge in [0.2, 0.25) is 5.91 Å². The number of piperidine rings is 1. The molecule has 2 aromatic rings. The van der Waals surface area contributed by atoms with Gasteiger partial charge in [-0.05, 0) is 43.5 Å². The molecule has 0 spiro atoms. The summed E-state index contributed by atoms with van der Waals surface area (Å²) in [6.07, 6.45) is 5.37. The van der Waals surface area contributed by atoms with Crippen molar-refractivity contribution in [3.8, 4) is 6.07 Å². The lowest BCUT2D eigenvalue weighted by molar-refractivity contribution is -0.122. The molecule has 2 aromatic heterocycles. The fourth-order valence-electron chi connectivity index (χ4n) is 4.18. The number of anilines is 2. The zero-order valence-corrected chi connectivity index (χ0v) is 15.7. The second-order valence-corrected chi connectivity index (χ2v) is 7.51. The first kappa shape index (κ1) is 17.5. The molecule has 0 saturated carbocycles. The van der Waals surface area contributed by atoms with Gasteiger partial charge in [-0.1, -0.05) is 6.92 Å². The number of aryl methyl sites for hydroxylation is 1. The number of hydrogen-bond acceptors (Lipinski definition) is 5. The summed E-state index contributed by atoms with van der Waals surface area (Å²) in [4.78, 5) is 26.1. The number of carbonyl (C=O) groups excluding carboxylic acids is 1. The lowest BCUT2D eigenvalue weighted by atomic mass is 9.96. The van der Waals surface area contributed by atoms with E-state index < -0.39 is 0 Å². The highest BCUT2D eigenvalue weighted by atomic mass is 16.2. The van der Waals surface area contributed by atoms with Gasteiger partial charge in [0, 0.05) is 37.4 Å². The highest BCUT2D eigenvalue weighted by Crippen LogP contribution is 2.37. The van der Waals surface area contributed by atoms with E-state index in [0.29, 0.717) is 30.4 Å². The molecule has 2 unspecified atom stereocenters. The molecule has 1 fully saturated rings. The number of amides is 1. The standard InChI is InChI=1S/C21H23N5O/c1-14-12-26(19-11-23-8-7-18(14)19)21(27)17-4-3-9-25(13-17)20-16(10-22)6-5-15(2)24-20/h5-8,11,14,17H,3-4,9,12-13H2,1-2H3. The van der Waals surface area contributed by atoms with E-state index in [1.165, 1.54) is 5.56 Å². The number of rotatable bonds is 2. The van der Waals surface area contributed by atoms with Crippen molar-refractivity contribution in [3.63, 3.8) is 0 Å². The lowest BCUT2D eigenvalue weighted by Gasteiger charge is -2.35. The summed E-state index contributed by atoms with van der Waals surface area (Å²) in [5.41, 5.74) is 3.58. The molecule has 2 aliphatic heterocycles. The predicted octanol–water partition coefficient (Wildman–Crippen LogP) is 3.02. The Balaban J connectivity index is 1.57. The van der Waals surface area contributed by atoms with Crippen LogP contribution >= 0.6 is 0 Å². The number of pyridine rings is 2. The predicted molar refractivity (Wildman–Crippen MR) is 104 cm³/mol. The van der Waals surface area contributed by atoms with Crippen LogP contribution in [0.15, 0.2) is 30.6 Å². The number of carbonyl (C=O) groups is 1. The maximum absolute atomic E-state index is 13.3. The van der Waals surface area contributed by atoms with Gasteiger partial charge in [0.15, 0.2) is 0 Å². The average Bonchev–Trinajstić information content (AvgIpc) is 3.04. The average molecular weight is 361 g/mol. The monoisotopic (exact) mass is 361 g/mol. The molecular formula is C21H23N5O. The first-order valence-corrected chi connectivity index (χ1v) is 9.46. The third-order valence-corrected chi connectivity index (χ3v) is 5.58. The van der Waals surface area contributed by atoms with Crippen molar-refractivity contribution in [3.05, 3.63) is 47.4 Å². The Bertz CT molecular complexity index is 919. The van der Waals surface area contributed by atoms with Gasteiger partial charge in [-0.25, -0.2) is 4.98 Å². The zero-order valence-electron chi connectivity index (χ0n) is 15.7. The molecule has 1 amide bonds. The Morgan fingerprint density at radius 3 is 2.96 bits per heavy atom. The van der Waals surface area contributed by atoms with Gasteiger partial charge in [-0.15, -0.1) is 0 Å². The molecule has 1 saturated heterocycles. The van der Waals surface area contributed by atoms with Gasteiger partial charge in [-0.2, -0.15) is 5.26 Å². The third kappa shape index (κ3) is 3.14. The van der Waals surface area contributed by atoms with Crippen molar-refractivity contribution in [1.29, 1.82) is 5.26 Å². The number of hydrogen-bond donors (Lipinski definition) is 0. The quantitative estimate of drug-likeness (QED) is 0.822. The maximum atomic E-state index is 13.3. The molecule has 0 aromatic carbocycles. The van der Waals surface area contributed by atoms with Gasteiger partial charge in [-0.3, -0.25) is 9.78 Å². The molecule has 0 N–H and O–H groups in total. The van der Waals surface area contributed by atoms with E-state index in [0.717, 1.165) is 30.8 Å². The number of nitriles is 1. The summed E-state index contributed by atoms with van der Waals surface area (Å²) >= 11 is 0. The Labute approximate surface area is 159 Å². The Morgan fingerprint density at radius 1 is 1.30 bits per heavy atom. The van der Waals surface area contributed by atoms with Crippen LogP contribution in [0, 0.1) is 24.2 Å². The van der Waals surface area contributed by atoms with E-state index in [4.69, 9.17) is 0 Å². The number of nitrogens with zero attached hydrogens (tertiary/aromatic N) is 5. The van der Waals surface area contributed by atoms with Crippen LogP contribution in [0.5, 0.6) is 0 Å². The largest absolute Gasteiger partial charge is 0.355 e. The van der Waals surface area contributed by atoms with Crippen LogP contribution in [0.4, 0.5) is 11.5 Å². The van der Waals surface area contributed by atoms with Crippen LogP contribution in [-0.2, 0) is 4.79 Å². The Kier molecular flexibility index (Phi) is 4.53. The van der Waals surface area contributed by atoms with Crippen molar-refractivity contribution >= 4 is 17.4 Å². The van der Waals surface area contributed by atoms with Crippen LogP contribution in [-0.4, -0.2) is 35.5 Å². The van der Waals surface area contributed by atoms with E-state index in [9.17, 15) is 10.1 Å². The van der Waals surface area contributed by atoms with Crippen LogP contribution in [0.1, 0.15) is 42.5 Å². The van der Waals surface area contributed by atoms with Crippen molar-refractivity contribution in [2.24, 2.45) is 5.92 Å². The molecule has 4 rings (SSSR count). The van der Waals surface area contributed by atoms with E-state index >= 15 is 0 Å². The summed E-state index contributed by atoms with van der Waals surface area (Å²) in [5.74, 6) is 1.09. The van der Waals surface area contributed by atoms with E-state index in [2.05, 4.69) is 27.9 Å². The van der Waals surface area contributed by atoms with Gasteiger partial charge in [0.05, 0.1) is 23.4 Å². The van der Waals surface area contributed by atoms with E-state index in [1.54, 1.807) is 12.4 Å². The first-order valence-electron chi connectivity index (χ1n) is 9.46. The van der Waals surface area contributed by atoms with Crippen LogP contribution in [0.2, 0.25) is 0 Å². The first-order chi connectivity index (χ1) is 13.1. The van der Waals surface area contributed by atoms with E-state index in [1.807, 2.05) is 30.0 Å². The summed E-state index contributed by atoms with van der Waals surface area (Å²) in [6, 6.07) is 7.90. The molecule has 138 valence electrons. The molecule has 2 atom stereocenters. The summed E-state index contributed by atoms with van der Waals surface area (Å²) in [5, 5.41) is 9.43. The second-order valence-electron chi connectivity index (χ2n) is 7.51. The lowest BCUT2D eigenvalue weighted by Crippen LogP contribution is -2.45. The zero-order chi connectivity index (χ0) is 19.0. The minimum Gasteiger partial charge on any atom is -0.355 e. The summed E-state index contributed by atoms with van der Waals surface area (Å²) < 4.78 is 0. The normalized spacial score (nSPS) is 21.7. The van der Waals surface area contributed by atoms with Gasteiger partial charge < -0.3 is 9.80 Å². The molecule has 0 radical (unpaired) electrons. The van der Waals surface area contributed by atoms with Crippen molar-refractivity contribution in [1.82, 2.24) is 9.97 Å². The topological polar surface area (TPSA) is 73.1 Å². The fraction of sp³-hybridized carbons (Fsp3) is 0.429. The maximum Gasteiger partial charge on any atom is 0.231 e. The number of fused-ring (bicyclic) bond motifs is 1. The van der Waals surface area contributed by atoms with Gasteiger partial charge >= 0.3 is 0 Å². The Hall–Kier alpha value is -2.94. The second kappa shape index (κ2) is 6.99. The van der Waals surface area contributed by atoms with Crippen LogP contribution < -0.4 is 9.80 Å². The molecule has 0 bridgehead atoms. The molecule has 2 aliphatic rings. The van der Waals surface area contributed by atoms with Crippen molar-refractivity contribution in [2.75, 3.05) is 29.4 Å². The molecule has 6 nitrogen and oxygen atoms in total. The van der Waals surface area contributed by atoms with Crippen LogP contribution in [0.25, 0.3) is 0 Å². The Morgan fingerprint density at radius 2 is 2.15 bits per heavy atom. The summed E-state index contributed by atoms with van der Waals surface area (Å²) in [7, 11) is 0. The van der Waals surface area contributed by atoms with Gasteiger partial charge in [0.1, 0.15) is 11.9 Å². The van der Waals surface area contributed by atoms with Gasteiger partial charge in [0.25, 0.3) is 0 Å².